The van der Waals surface area contributed by atoms with Crippen LogP contribution in [0.25, 0.3) is 11.6 Å². The first-order valence-corrected chi connectivity index (χ1v) is 8.09. The van der Waals surface area contributed by atoms with Crippen molar-refractivity contribution in [3.8, 4) is 11.6 Å². The summed E-state index contributed by atoms with van der Waals surface area (Å²) in [4.78, 5) is 12.5. The first kappa shape index (κ1) is 14.9. The summed E-state index contributed by atoms with van der Waals surface area (Å²) in [6, 6.07) is 5.59. The van der Waals surface area contributed by atoms with E-state index in [0.29, 0.717) is 10.6 Å². The molecule has 3 heterocycles. The van der Waals surface area contributed by atoms with Crippen LogP contribution in [0, 0.1) is 0 Å². The zero-order valence-electron chi connectivity index (χ0n) is 11.8. The second-order valence-electron chi connectivity index (χ2n) is 4.74. The molecule has 7 nitrogen and oxygen atoms in total. The number of halogens is 1. The number of carbonyl (C=O) groups excluding carboxylic acids is 1. The van der Waals surface area contributed by atoms with Crippen molar-refractivity contribution in [2.24, 2.45) is 0 Å². The van der Waals surface area contributed by atoms with Crippen LogP contribution in [0.5, 0.6) is 0 Å². The predicted molar refractivity (Wildman–Crippen MR) is 85.9 cm³/mol. The summed E-state index contributed by atoms with van der Waals surface area (Å²) in [7, 11) is 0. The third-order valence-electron chi connectivity index (χ3n) is 2.80. The molecule has 0 aliphatic carbocycles. The summed E-state index contributed by atoms with van der Waals surface area (Å²) >= 11 is 4.63. The molecule has 0 aromatic carbocycles. The fourth-order valence-electron chi connectivity index (χ4n) is 1.71. The lowest BCUT2D eigenvalue weighted by molar-refractivity contribution is 0.102. The van der Waals surface area contributed by atoms with Crippen molar-refractivity contribution in [3.63, 3.8) is 0 Å². The van der Waals surface area contributed by atoms with Crippen LogP contribution in [-0.4, -0.2) is 25.9 Å². The smallest absolute Gasteiger partial charge is 0.322 e. The number of rotatable bonds is 4. The van der Waals surface area contributed by atoms with Crippen LogP contribution >= 0.6 is 27.3 Å². The second-order valence-corrected chi connectivity index (χ2v) is 7.21. The van der Waals surface area contributed by atoms with Gasteiger partial charge in [0.25, 0.3) is 11.8 Å². The SMILES string of the molecule is CC(C)n1ccc(-c2nnc(NC(=O)c3ccc(Br)s3)o2)n1. The highest BCUT2D eigenvalue weighted by Crippen LogP contribution is 2.23. The molecule has 0 aliphatic heterocycles. The van der Waals surface area contributed by atoms with E-state index < -0.39 is 0 Å². The fourth-order valence-corrected chi connectivity index (χ4v) is 2.99. The molecule has 1 amide bonds. The first-order valence-electron chi connectivity index (χ1n) is 6.48. The number of nitrogens with one attached hydrogen (secondary N) is 1. The lowest BCUT2D eigenvalue weighted by atomic mass is 10.4. The number of carbonyl (C=O) groups is 1. The van der Waals surface area contributed by atoms with Crippen molar-refractivity contribution in [2.75, 3.05) is 5.32 Å². The molecule has 1 N–H and O–H groups in total. The number of hydrogen-bond acceptors (Lipinski definition) is 6. The number of aromatic nitrogens is 4. The fraction of sp³-hybridized carbons (Fsp3) is 0.231. The predicted octanol–water partition coefficient (Wildman–Crippen LogP) is 3.59. The molecule has 0 saturated heterocycles. The number of thiophene rings is 1. The summed E-state index contributed by atoms with van der Waals surface area (Å²) in [5, 5.41) is 14.6. The summed E-state index contributed by atoms with van der Waals surface area (Å²) in [6.07, 6.45) is 1.84. The molecular formula is C13H12BrN5O2S. The average molecular weight is 382 g/mol. The van der Waals surface area contributed by atoms with Crippen LogP contribution in [0.15, 0.2) is 32.6 Å². The summed E-state index contributed by atoms with van der Waals surface area (Å²) in [6.45, 7) is 4.05. The van der Waals surface area contributed by atoms with E-state index in [2.05, 4.69) is 36.5 Å². The van der Waals surface area contributed by atoms with Gasteiger partial charge in [0.1, 0.15) is 5.69 Å². The molecule has 0 spiro atoms. The first-order chi connectivity index (χ1) is 10.5. The van der Waals surface area contributed by atoms with Gasteiger partial charge in [0.05, 0.1) is 8.66 Å². The van der Waals surface area contributed by atoms with Crippen LogP contribution in [0.3, 0.4) is 0 Å². The van der Waals surface area contributed by atoms with Gasteiger partial charge in [-0.05, 0) is 48.0 Å². The highest BCUT2D eigenvalue weighted by Gasteiger charge is 2.15. The van der Waals surface area contributed by atoms with E-state index in [-0.39, 0.29) is 23.9 Å². The Morgan fingerprint density at radius 3 is 2.82 bits per heavy atom. The van der Waals surface area contributed by atoms with E-state index in [1.54, 1.807) is 22.9 Å². The standard InChI is InChI=1S/C13H12BrN5O2S/c1-7(2)19-6-5-8(18-19)12-16-17-13(21-12)15-11(20)9-3-4-10(14)22-9/h3-7H,1-2H3,(H,15,17,20). The number of nitrogens with zero attached hydrogens (tertiary/aromatic N) is 4. The Hall–Kier alpha value is -2.00. The Balaban J connectivity index is 1.74. The Morgan fingerprint density at radius 2 is 2.18 bits per heavy atom. The van der Waals surface area contributed by atoms with Crippen LogP contribution in [0.2, 0.25) is 0 Å². The molecule has 0 unspecified atom stereocenters. The van der Waals surface area contributed by atoms with Crippen LogP contribution in [0.1, 0.15) is 29.6 Å². The highest BCUT2D eigenvalue weighted by atomic mass is 79.9. The van der Waals surface area contributed by atoms with Crippen LogP contribution in [0.4, 0.5) is 6.01 Å². The zero-order chi connectivity index (χ0) is 15.7. The quantitative estimate of drug-likeness (QED) is 0.745. The topological polar surface area (TPSA) is 85.8 Å². The third kappa shape index (κ3) is 3.09. The van der Waals surface area contributed by atoms with Gasteiger partial charge in [0.2, 0.25) is 0 Å². The zero-order valence-corrected chi connectivity index (χ0v) is 14.2. The summed E-state index contributed by atoms with van der Waals surface area (Å²) in [5.41, 5.74) is 0.570. The minimum absolute atomic E-state index is 0.0450. The Kier molecular flexibility index (Phi) is 4.08. The van der Waals surface area contributed by atoms with E-state index in [4.69, 9.17) is 4.42 Å². The molecular weight excluding hydrogens is 370 g/mol. The van der Waals surface area contributed by atoms with E-state index >= 15 is 0 Å². The molecule has 9 heteroatoms. The molecule has 0 fully saturated rings. The molecule has 22 heavy (non-hydrogen) atoms. The molecule has 3 rings (SSSR count). The van der Waals surface area contributed by atoms with Crippen molar-refractivity contribution in [1.82, 2.24) is 20.0 Å². The summed E-state index contributed by atoms with van der Waals surface area (Å²) in [5.74, 6) is -0.0272. The minimum Gasteiger partial charge on any atom is -0.401 e. The molecule has 0 saturated carbocycles. The molecule has 0 radical (unpaired) electrons. The maximum absolute atomic E-state index is 12.0. The Morgan fingerprint density at radius 1 is 1.36 bits per heavy atom. The third-order valence-corrected chi connectivity index (χ3v) is 4.42. The maximum Gasteiger partial charge on any atom is 0.322 e. The van der Waals surface area contributed by atoms with Crippen molar-refractivity contribution < 1.29 is 9.21 Å². The van der Waals surface area contributed by atoms with Crippen LogP contribution < -0.4 is 5.32 Å². The average Bonchev–Trinajstić information content (AvgIpc) is 3.16. The maximum atomic E-state index is 12.0. The molecule has 0 atom stereocenters. The van der Waals surface area contributed by atoms with Gasteiger partial charge in [-0.3, -0.25) is 14.8 Å². The van der Waals surface area contributed by atoms with Gasteiger partial charge in [-0.15, -0.1) is 16.4 Å². The molecule has 0 bridgehead atoms. The molecule has 0 aliphatic rings. The molecule has 114 valence electrons. The van der Waals surface area contributed by atoms with Gasteiger partial charge in [-0.1, -0.05) is 5.10 Å². The Labute approximate surface area is 138 Å². The van der Waals surface area contributed by atoms with Crippen molar-refractivity contribution in [1.29, 1.82) is 0 Å². The van der Waals surface area contributed by atoms with E-state index in [1.165, 1.54) is 11.3 Å². The number of anilines is 1. The van der Waals surface area contributed by atoms with E-state index in [0.717, 1.165) is 3.79 Å². The van der Waals surface area contributed by atoms with E-state index in [1.807, 2.05) is 20.0 Å². The van der Waals surface area contributed by atoms with Gasteiger partial charge in [0, 0.05) is 12.2 Å². The van der Waals surface area contributed by atoms with Crippen molar-refractivity contribution in [2.45, 2.75) is 19.9 Å². The van der Waals surface area contributed by atoms with Gasteiger partial charge in [0.15, 0.2) is 0 Å². The van der Waals surface area contributed by atoms with Crippen molar-refractivity contribution in [3.05, 3.63) is 33.1 Å². The second kappa shape index (κ2) is 6.01. The number of hydrogen-bond donors (Lipinski definition) is 1. The van der Waals surface area contributed by atoms with Crippen LogP contribution in [-0.2, 0) is 0 Å². The van der Waals surface area contributed by atoms with Gasteiger partial charge >= 0.3 is 6.01 Å². The normalized spacial score (nSPS) is 11.1. The largest absolute Gasteiger partial charge is 0.401 e. The van der Waals surface area contributed by atoms with Gasteiger partial charge in [-0.25, -0.2) is 0 Å². The lowest BCUT2D eigenvalue weighted by Gasteiger charge is -2.02. The lowest BCUT2D eigenvalue weighted by Crippen LogP contribution is -2.10. The van der Waals surface area contributed by atoms with E-state index in [9.17, 15) is 4.79 Å². The molecule has 3 aromatic rings. The van der Waals surface area contributed by atoms with Gasteiger partial charge in [-0.2, -0.15) is 5.10 Å². The Bertz CT molecular complexity index is 807. The number of amides is 1. The molecule has 3 aromatic heterocycles. The monoisotopic (exact) mass is 381 g/mol. The van der Waals surface area contributed by atoms with Gasteiger partial charge < -0.3 is 4.42 Å². The highest BCUT2D eigenvalue weighted by molar-refractivity contribution is 9.11. The van der Waals surface area contributed by atoms with Crippen molar-refractivity contribution >= 4 is 39.2 Å². The summed E-state index contributed by atoms with van der Waals surface area (Å²) < 4.78 is 8.10. The minimum atomic E-state index is -0.293.